The van der Waals surface area contributed by atoms with E-state index in [9.17, 15) is 24.3 Å². The van der Waals surface area contributed by atoms with Gasteiger partial charge in [0.05, 0.1) is 0 Å². The molecular formula is C15H13N5O7S2. The number of nitrogens with two attached hydrogens (primary N) is 1. The standard InChI is InChI=1S/C15H13N5O7S2/c1-4(21)27-19-7(6-3-29-15(16)17-6)10(22)18-8-11(23)20-9-5(2-28-12(8)20)13(24)26-14(9)25/h3,8,12-13,24H,2H2,1H3,(H2,16,17)(H,18,22). The van der Waals surface area contributed by atoms with Gasteiger partial charge in [0.1, 0.15) is 22.8 Å². The van der Waals surface area contributed by atoms with Gasteiger partial charge in [-0.05, 0) is 0 Å². The number of hydrogen-bond acceptors (Lipinski definition) is 12. The zero-order valence-corrected chi connectivity index (χ0v) is 16.3. The maximum absolute atomic E-state index is 12.7. The Morgan fingerprint density at radius 1 is 1.48 bits per heavy atom. The summed E-state index contributed by atoms with van der Waals surface area (Å²) >= 11 is 2.32. The molecule has 4 heterocycles. The first-order valence-electron chi connectivity index (χ1n) is 8.12. The quantitative estimate of drug-likeness (QED) is 0.165. The van der Waals surface area contributed by atoms with Gasteiger partial charge in [-0.3, -0.25) is 14.5 Å². The number of esters is 1. The number of carbonyl (C=O) groups excluding carboxylic acids is 4. The Morgan fingerprint density at radius 3 is 2.90 bits per heavy atom. The second-order valence-electron chi connectivity index (χ2n) is 6.09. The first kappa shape index (κ1) is 19.4. The summed E-state index contributed by atoms with van der Waals surface area (Å²) in [7, 11) is 0. The van der Waals surface area contributed by atoms with Gasteiger partial charge in [-0.15, -0.1) is 23.1 Å². The normalized spacial score (nSPS) is 25.8. The molecule has 0 aromatic carbocycles. The highest BCUT2D eigenvalue weighted by atomic mass is 32.2. The number of cyclic esters (lactones) is 1. The Balaban J connectivity index is 1.53. The lowest BCUT2D eigenvalue weighted by molar-refractivity contribution is -0.157. The summed E-state index contributed by atoms with van der Waals surface area (Å²) in [6, 6.07) is -0.953. The van der Waals surface area contributed by atoms with E-state index in [1.54, 1.807) is 0 Å². The van der Waals surface area contributed by atoms with Gasteiger partial charge in [-0.1, -0.05) is 5.16 Å². The van der Waals surface area contributed by atoms with Crippen molar-refractivity contribution in [2.45, 2.75) is 24.6 Å². The number of hydrogen-bond donors (Lipinski definition) is 3. The van der Waals surface area contributed by atoms with Crippen LogP contribution in [0.25, 0.3) is 0 Å². The Kier molecular flexibility index (Phi) is 4.76. The Morgan fingerprint density at radius 2 is 2.24 bits per heavy atom. The van der Waals surface area contributed by atoms with Crippen LogP contribution in [0, 0.1) is 0 Å². The topological polar surface area (TPSA) is 174 Å². The lowest BCUT2D eigenvalue weighted by Gasteiger charge is -2.48. The number of aliphatic hydroxyl groups is 1. The van der Waals surface area contributed by atoms with Crippen LogP contribution >= 0.6 is 23.1 Å². The lowest BCUT2D eigenvalue weighted by Crippen LogP contribution is -2.70. The van der Waals surface area contributed by atoms with Crippen LogP contribution in [0.15, 0.2) is 21.8 Å². The number of thiazole rings is 1. The third kappa shape index (κ3) is 3.24. The van der Waals surface area contributed by atoms with E-state index in [0.717, 1.165) is 18.3 Å². The molecule has 12 nitrogen and oxygen atoms in total. The number of nitrogen functional groups attached to an aromatic ring is 1. The lowest BCUT2D eigenvalue weighted by atomic mass is 10.0. The number of aliphatic hydroxyl groups excluding tert-OH is 1. The van der Waals surface area contributed by atoms with Gasteiger partial charge in [0, 0.05) is 23.6 Å². The Hall–Kier alpha value is -2.97. The fourth-order valence-electron chi connectivity index (χ4n) is 2.97. The van der Waals surface area contributed by atoms with Gasteiger partial charge in [0.15, 0.2) is 10.8 Å². The number of ether oxygens (including phenoxy) is 1. The molecule has 152 valence electrons. The van der Waals surface area contributed by atoms with Gasteiger partial charge >= 0.3 is 11.9 Å². The van der Waals surface area contributed by atoms with Crippen LogP contribution in [-0.4, -0.2) is 67.9 Å². The fourth-order valence-corrected chi connectivity index (χ4v) is 4.88. The minimum atomic E-state index is -1.37. The van der Waals surface area contributed by atoms with Crippen molar-refractivity contribution in [2.75, 3.05) is 11.5 Å². The fraction of sp³-hybridized carbons (Fsp3) is 0.333. The molecule has 0 saturated carbocycles. The van der Waals surface area contributed by atoms with E-state index in [1.165, 1.54) is 22.0 Å². The largest absolute Gasteiger partial charge is 0.427 e. The van der Waals surface area contributed by atoms with Crippen LogP contribution in [0.3, 0.4) is 0 Å². The summed E-state index contributed by atoms with van der Waals surface area (Å²) < 4.78 is 4.74. The number of anilines is 1. The number of nitrogens with one attached hydrogen (secondary N) is 1. The van der Waals surface area contributed by atoms with E-state index in [-0.39, 0.29) is 28.0 Å². The van der Waals surface area contributed by atoms with E-state index in [2.05, 4.69) is 20.3 Å². The molecule has 1 saturated heterocycles. The summed E-state index contributed by atoms with van der Waals surface area (Å²) in [5.41, 5.74) is 5.67. The highest BCUT2D eigenvalue weighted by Crippen LogP contribution is 2.43. The van der Waals surface area contributed by atoms with Crippen molar-refractivity contribution in [1.29, 1.82) is 0 Å². The van der Waals surface area contributed by atoms with Crippen LogP contribution in [0.4, 0.5) is 5.13 Å². The van der Waals surface area contributed by atoms with Gasteiger partial charge in [0.25, 0.3) is 11.8 Å². The van der Waals surface area contributed by atoms with Gasteiger partial charge in [0.2, 0.25) is 6.29 Å². The van der Waals surface area contributed by atoms with Crippen molar-refractivity contribution in [3.63, 3.8) is 0 Å². The minimum Gasteiger partial charge on any atom is -0.427 e. The number of carbonyl (C=O) groups is 4. The molecule has 0 spiro atoms. The van der Waals surface area contributed by atoms with Crippen molar-refractivity contribution in [3.05, 3.63) is 22.3 Å². The number of rotatable bonds is 4. The average Bonchev–Trinajstić information content (AvgIpc) is 3.21. The number of amides is 2. The van der Waals surface area contributed by atoms with Crippen LogP contribution in [-0.2, 0) is 28.8 Å². The number of oxime groups is 1. The Bertz CT molecular complexity index is 1000. The first-order chi connectivity index (χ1) is 13.8. The molecule has 3 aliphatic heterocycles. The van der Waals surface area contributed by atoms with Crippen molar-refractivity contribution in [2.24, 2.45) is 5.16 Å². The summed E-state index contributed by atoms with van der Waals surface area (Å²) in [6.45, 7) is 1.11. The maximum atomic E-state index is 12.7. The number of thioether (sulfide) groups is 1. The molecule has 3 aliphatic rings. The van der Waals surface area contributed by atoms with E-state index in [1.807, 2.05) is 0 Å². The molecule has 4 rings (SSSR count). The molecule has 29 heavy (non-hydrogen) atoms. The van der Waals surface area contributed by atoms with Crippen molar-refractivity contribution < 1.29 is 33.9 Å². The highest BCUT2D eigenvalue weighted by Gasteiger charge is 2.57. The van der Waals surface area contributed by atoms with Crippen molar-refractivity contribution in [3.8, 4) is 0 Å². The molecule has 4 N–H and O–H groups in total. The molecule has 1 aromatic heterocycles. The minimum absolute atomic E-state index is 0.0119. The van der Waals surface area contributed by atoms with Crippen molar-refractivity contribution >= 4 is 57.7 Å². The zero-order chi connectivity index (χ0) is 20.9. The molecule has 3 unspecified atom stereocenters. The first-order valence-corrected chi connectivity index (χ1v) is 10.1. The second-order valence-corrected chi connectivity index (χ2v) is 8.08. The highest BCUT2D eigenvalue weighted by molar-refractivity contribution is 8.00. The summed E-state index contributed by atoms with van der Waals surface area (Å²) in [5, 5.41) is 16.8. The molecule has 0 radical (unpaired) electrons. The SMILES string of the molecule is CC(=O)ON=C(C(=O)NC1C(=O)N2C3=C(CSC12)C(O)OC3=O)c1csc(N)n1. The third-order valence-electron chi connectivity index (χ3n) is 4.24. The number of β-lactam (4-membered cyclic amide) rings is 1. The molecule has 3 atom stereocenters. The second kappa shape index (κ2) is 7.13. The molecule has 1 aromatic rings. The monoisotopic (exact) mass is 439 g/mol. The summed E-state index contributed by atoms with van der Waals surface area (Å²) in [4.78, 5) is 57.9. The van der Waals surface area contributed by atoms with Gasteiger partial charge < -0.3 is 25.7 Å². The molecule has 1 fully saturated rings. The summed E-state index contributed by atoms with van der Waals surface area (Å²) in [6.07, 6.45) is -1.37. The van der Waals surface area contributed by atoms with Gasteiger partial charge in [-0.25, -0.2) is 14.6 Å². The molecule has 0 bridgehead atoms. The molecule has 2 amide bonds. The van der Waals surface area contributed by atoms with Crippen molar-refractivity contribution in [1.82, 2.24) is 15.2 Å². The van der Waals surface area contributed by atoms with Gasteiger partial charge in [-0.2, -0.15) is 0 Å². The van der Waals surface area contributed by atoms with E-state index < -0.39 is 41.5 Å². The van der Waals surface area contributed by atoms with Crippen LogP contribution in [0.1, 0.15) is 12.6 Å². The predicted octanol–water partition coefficient (Wildman–Crippen LogP) is -1.48. The van der Waals surface area contributed by atoms with E-state index in [4.69, 9.17) is 10.5 Å². The average molecular weight is 439 g/mol. The molecular weight excluding hydrogens is 426 g/mol. The molecule has 14 heteroatoms. The smallest absolute Gasteiger partial charge is 0.357 e. The zero-order valence-electron chi connectivity index (χ0n) is 14.6. The summed E-state index contributed by atoms with van der Waals surface area (Å²) in [5.74, 6) is -2.61. The van der Waals surface area contributed by atoms with Crippen LogP contribution in [0.5, 0.6) is 0 Å². The number of fused-ring (bicyclic) bond motifs is 2. The maximum Gasteiger partial charge on any atom is 0.357 e. The Labute approximate surface area is 170 Å². The van der Waals surface area contributed by atoms with E-state index in [0.29, 0.717) is 5.57 Å². The van der Waals surface area contributed by atoms with Crippen LogP contribution in [0.2, 0.25) is 0 Å². The third-order valence-corrected chi connectivity index (χ3v) is 6.22. The number of aromatic nitrogens is 1. The molecule has 0 aliphatic carbocycles. The number of nitrogens with zero attached hydrogens (tertiary/aromatic N) is 3. The van der Waals surface area contributed by atoms with E-state index >= 15 is 0 Å². The predicted molar refractivity (Wildman–Crippen MR) is 99.0 cm³/mol. The van der Waals surface area contributed by atoms with Crippen LogP contribution < -0.4 is 11.1 Å².